The molecule has 2 saturated heterocycles. The van der Waals surface area contributed by atoms with E-state index in [0.29, 0.717) is 39.0 Å². The Morgan fingerprint density at radius 1 is 1.00 bits per heavy atom. The van der Waals surface area contributed by atoms with Crippen LogP contribution in [-0.4, -0.2) is 72.6 Å². The highest BCUT2D eigenvalue weighted by Gasteiger charge is 2.56. The average Bonchev–Trinajstić information content (AvgIpc) is 3.45. The summed E-state index contributed by atoms with van der Waals surface area (Å²) in [6, 6.07) is -0.0191. The van der Waals surface area contributed by atoms with Crippen molar-refractivity contribution in [2.75, 3.05) is 32.9 Å². The molecule has 7 nitrogen and oxygen atoms in total. The third kappa shape index (κ3) is 4.86. The zero-order valence-corrected chi connectivity index (χ0v) is 16.8. The maximum absolute atomic E-state index is 12.8. The summed E-state index contributed by atoms with van der Waals surface area (Å²) in [6.45, 7) is 6.48. The number of likely N-dealkylation sites (tertiary alicyclic amines) is 1. The fourth-order valence-electron chi connectivity index (χ4n) is 4.02. The molecule has 7 heteroatoms. The highest BCUT2D eigenvalue weighted by molar-refractivity contribution is 5.72. The van der Waals surface area contributed by atoms with Crippen LogP contribution >= 0.6 is 0 Å². The smallest absolute Gasteiger partial charge is 0.410 e. The number of nitrogens with zero attached hydrogens (tertiary/aromatic N) is 2. The van der Waals surface area contributed by atoms with Crippen LogP contribution in [0, 0.1) is 0 Å². The number of rotatable bonds is 9. The van der Waals surface area contributed by atoms with Crippen LogP contribution in [-0.2, 0) is 14.2 Å². The predicted octanol–water partition coefficient (Wildman–Crippen LogP) is 3.56. The van der Waals surface area contributed by atoms with E-state index in [1.165, 1.54) is 0 Å². The Morgan fingerprint density at radius 3 is 2.30 bits per heavy atom. The largest absolute Gasteiger partial charge is 0.449 e. The molecular formula is C20H34N2O5. The van der Waals surface area contributed by atoms with Gasteiger partial charge in [-0.3, -0.25) is 4.90 Å². The molecule has 2 amide bonds. The Balaban J connectivity index is 1.67. The minimum absolute atomic E-state index is 0.0191. The molecule has 3 aliphatic rings. The van der Waals surface area contributed by atoms with E-state index in [1.807, 2.05) is 4.90 Å². The minimum Gasteiger partial charge on any atom is -0.449 e. The van der Waals surface area contributed by atoms with E-state index in [-0.39, 0.29) is 18.2 Å². The molecule has 0 radical (unpaired) electrons. The average molecular weight is 383 g/mol. The molecule has 0 aromatic rings. The number of amides is 2. The first kappa shape index (κ1) is 20.2. The van der Waals surface area contributed by atoms with Gasteiger partial charge in [0.05, 0.1) is 37.5 Å². The SMILES string of the molecule is CCCCOC(=O)N1CC2CCC(COC3CC3)(C1)N2C(=O)OCCCC. The molecule has 27 heavy (non-hydrogen) atoms. The van der Waals surface area contributed by atoms with Crippen LogP contribution in [0.2, 0.25) is 0 Å². The second kappa shape index (κ2) is 9.13. The molecule has 0 spiro atoms. The zero-order valence-electron chi connectivity index (χ0n) is 16.8. The van der Waals surface area contributed by atoms with Gasteiger partial charge in [0.1, 0.15) is 0 Å². The number of hydrogen-bond acceptors (Lipinski definition) is 5. The topological polar surface area (TPSA) is 68.3 Å². The van der Waals surface area contributed by atoms with Gasteiger partial charge in [0.2, 0.25) is 0 Å². The normalized spacial score (nSPS) is 27.0. The van der Waals surface area contributed by atoms with Crippen LogP contribution in [0.3, 0.4) is 0 Å². The van der Waals surface area contributed by atoms with E-state index in [1.54, 1.807) is 4.90 Å². The van der Waals surface area contributed by atoms with Crippen molar-refractivity contribution in [1.82, 2.24) is 9.80 Å². The van der Waals surface area contributed by atoms with E-state index in [9.17, 15) is 9.59 Å². The number of hydrogen-bond donors (Lipinski definition) is 0. The fourth-order valence-corrected chi connectivity index (χ4v) is 4.02. The van der Waals surface area contributed by atoms with Crippen LogP contribution in [0.15, 0.2) is 0 Å². The van der Waals surface area contributed by atoms with Gasteiger partial charge in [-0.15, -0.1) is 0 Å². The van der Waals surface area contributed by atoms with E-state index in [2.05, 4.69) is 13.8 Å². The van der Waals surface area contributed by atoms with Gasteiger partial charge in [0.25, 0.3) is 0 Å². The maximum Gasteiger partial charge on any atom is 0.410 e. The Kier molecular flexibility index (Phi) is 6.84. The summed E-state index contributed by atoms with van der Waals surface area (Å²) < 4.78 is 17.0. The Labute approximate surface area is 162 Å². The van der Waals surface area contributed by atoms with E-state index < -0.39 is 5.54 Å². The maximum atomic E-state index is 12.8. The van der Waals surface area contributed by atoms with Crippen LogP contribution in [0.5, 0.6) is 0 Å². The quantitative estimate of drug-likeness (QED) is 0.571. The highest BCUT2D eigenvalue weighted by atomic mass is 16.6. The monoisotopic (exact) mass is 382 g/mol. The van der Waals surface area contributed by atoms with Gasteiger partial charge >= 0.3 is 12.2 Å². The lowest BCUT2D eigenvalue weighted by atomic mass is 9.96. The number of ether oxygens (including phenoxy) is 3. The van der Waals surface area contributed by atoms with Crippen molar-refractivity contribution < 1.29 is 23.8 Å². The summed E-state index contributed by atoms with van der Waals surface area (Å²) >= 11 is 0. The van der Waals surface area contributed by atoms with Crippen LogP contribution in [0.25, 0.3) is 0 Å². The molecule has 2 bridgehead atoms. The lowest BCUT2D eigenvalue weighted by molar-refractivity contribution is -0.0489. The fraction of sp³-hybridized carbons (Fsp3) is 0.900. The summed E-state index contributed by atoms with van der Waals surface area (Å²) in [5.41, 5.74) is -0.488. The molecule has 3 fully saturated rings. The van der Waals surface area contributed by atoms with Crippen LogP contribution in [0.4, 0.5) is 9.59 Å². The molecule has 0 aromatic heterocycles. The Hall–Kier alpha value is -1.50. The molecule has 1 aliphatic carbocycles. The summed E-state index contributed by atoms with van der Waals surface area (Å²) in [4.78, 5) is 28.9. The van der Waals surface area contributed by atoms with Gasteiger partial charge in [0.15, 0.2) is 0 Å². The first-order chi connectivity index (χ1) is 13.1. The van der Waals surface area contributed by atoms with E-state index >= 15 is 0 Å². The second-order valence-electron chi connectivity index (χ2n) is 8.11. The number of carbonyl (C=O) groups is 2. The Morgan fingerprint density at radius 2 is 1.67 bits per heavy atom. The molecule has 3 rings (SSSR count). The third-order valence-electron chi connectivity index (χ3n) is 5.75. The van der Waals surface area contributed by atoms with Crippen molar-refractivity contribution in [2.24, 2.45) is 0 Å². The van der Waals surface area contributed by atoms with Crippen LogP contribution < -0.4 is 0 Å². The minimum atomic E-state index is -0.488. The number of fused-ring (bicyclic) bond motifs is 2. The first-order valence-electron chi connectivity index (χ1n) is 10.6. The lowest BCUT2D eigenvalue weighted by Crippen LogP contribution is -2.66. The van der Waals surface area contributed by atoms with Gasteiger partial charge in [-0.2, -0.15) is 0 Å². The molecule has 154 valence electrons. The van der Waals surface area contributed by atoms with Crippen molar-refractivity contribution in [1.29, 1.82) is 0 Å². The second-order valence-corrected chi connectivity index (χ2v) is 8.11. The molecule has 1 saturated carbocycles. The number of unbranched alkanes of at least 4 members (excludes halogenated alkanes) is 2. The highest BCUT2D eigenvalue weighted by Crippen LogP contribution is 2.41. The van der Waals surface area contributed by atoms with E-state index in [4.69, 9.17) is 14.2 Å². The van der Waals surface area contributed by atoms with Crippen molar-refractivity contribution in [2.45, 2.75) is 82.9 Å². The third-order valence-corrected chi connectivity index (χ3v) is 5.75. The van der Waals surface area contributed by atoms with E-state index in [0.717, 1.165) is 51.4 Å². The number of piperazine rings is 1. The predicted molar refractivity (Wildman–Crippen MR) is 101 cm³/mol. The lowest BCUT2D eigenvalue weighted by Gasteiger charge is -2.47. The molecule has 2 unspecified atom stereocenters. The number of carbonyl (C=O) groups excluding carboxylic acids is 2. The molecular weight excluding hydrogens is 348 g/mol. The van der Waals surface area contributed by atoms with Crippen molar-refractivity contribution in [3.05, 3.63) is 0 Å². The Bertz CT molecular complexity index is 525. The van der Waals surface area contributed by atoms with Gasteiger partial charge in [0, 0.05) is 13.1 Å². The van der Waals surface area contributed by atoms with Gasteiger partial charge in [-0.25, -0.2) is 9.59 Å². The van der Waals surface area contributed by atoms with Crippen molar-refractivity contribution in [3.63, 3.8) is 0 Å². The van der Waals surface area contributed by atoms with Gasteiger partial charge in [-0.1, -0.05) is 26.7 Å². The van der Waals surface area contributed by atoms with Gasteiger partial charge < -0.3 is 19.1 Å². The molecule has 2 heterocycles. The molecule has 2 atom stereocenters. The van der Waals surface area contributed by atoms with Crippen LogP contribution in [0.1, 0.15) is 65.2 Å². The molecule has 2 aliphatic heterocycles. The van der Waals surface area contributed by atoms with Crippen molar-refractivity contribution in [3.8, 4) is 0 Å². The summed E-state index contributed by atoms with van der Waals surface area (Å²) in [7, 11) is 0. The summed E-state index contributed by atoms with van der Waals surface area (Å²) in [5.74, 6) is 0. The zero-order chi connectivity index (χ0) is 19.3. The van der Waals surface area contributed by atoms with Gasteiger partial charge in [-0.05, 0) is 38.5 Å². The summed E-state index contributed by atoms with van der Waals surface area (Å²) in [5, 5.41) is 0. The van der Waals surface area contributed by atoms with Crippen molar-refractivity contribution >= 4 is 12.2 Å². The summed E-state index contributed by atoms with van der Waals surface area (Å²) in [6.07, 6.45) is 7.38. The standard InChI is InChI=1S/C20H34N2O5/c1-3-5-11-25-18(23)21-13-16-9-10-20(14-21,15-27-17-7-8-17)22(16)19(24)26-12-6-4-2/h16-17H,3-15H2,1-2H3. The molecule has 0 N–H and O–H groups in total. The first-order valence-corrected chi connectivity index (χ1v) is 10.6. The molecule has 0 aromatic carbocycles.